The van der Waals surface area contributed by atoms with Gasteiger partial charge in [-0.15, -0.1) is 11.3 Å². The van der Waals surface area contributed by atoms with Gasteiger partial charge in [0.15, 0.2) is 0 Å². The fourth-order valence-corrected chi connectivity index (χ4v) is 4.27. The standard InChI is InChI=1S/C16H20BrN3S/c1-12(15-10-13(17)11-21-15)19-14-5-8-20(9-6-14)16-4-2-3-7-18-16/h2-4,7,10-12,14,19H,5-6,8-9H2,1H3. The van der Waals surface area contributed by atoms with Crippen LogP contribution in [0.3, 0.4) is 0 Å². The fourth-order valence-electron chi connectivity index (χ4n) is 2.81. The summed E-state index contributed by atoms with van der Waals surface area (Å²) in [5.41, 5.74) is 0. The zero-order chi connectivity index (χ0) is 14.7. The van der Waals surface area contributed by atoms with Crippen LogP contribution >= 0.6 is 27.3 Å². The van der Waals surface area contributed by atoms with Crippen LogP contribution in [0.2, 0.25) is 0 Å². The van der Waals surface area contributed by atoms with Gasteiger partial charge in [0.1, 0.15) is 5.82 Å². The molecule has 112 valence electrons. The second-order valence-corrected chi connectivity index (χ2v) is 7.36. The molecule has 0 bridgehead atoms. The maximum atomic E-state index is 4.44. The Morgan fingerprint density at radius 2 is 2.19 bits per heavy atom. The van der Waals surface area contributed by atoms with Gasteiger partial charge in [-0.3, -0.25) is 0 Å². The van der Waals surface area contributed by atoms with Crippen LogP contribution in [0.25, 0.3) is 0 Å². The summed E-state index contributed by atoms with van der Waals surface area (Å²) in [6, 6.07) is 9.36. The predicted molar refractivity (Wildman–Crippen MR) is 93.0 cm³/mol. The summed E-state index contributed by atoms with van der Waals surface area (Å²) in [5, 5.41) is 5.91. The second-order valence-electron chi connectivity index (χ2n) is 5.50. The molecule has 1 saturated heterocycles. The quantitative estimate of drug-likeness (QED) is 0.878. The molecule has 1 aliphatic rings. The molecule has 0 aliphatic carbocycles. The van der Waals surface area contributed by atoms with Crippen LogP contribution in [0.4, 0.5) is 5.82 Å². The summed E-state index contributed by atoms with van der Waals surface area (Å²) < 4.78 is 1.18. The highest BCUT2D eigenvalue weighted by Gasteiger charge is 2.21. The lowest BCUT2D eigenvalue weighted by molar-refractivity contribution is 0.382. The maximum Gasteiger partial charge on any atom is 0.128 e. The first-order valence-corrected chi connectivity index (χ1v) is 9.05. The van der Waals surface area contributed by atoms with Gasteiger partial charge < -0.3 is 10.2 Å². The monoisotopic (exact) mass is 365 g/mol. The van der Waals surface area contributed by atoms with Crippen molar-refractivity contribution in [2.75, 3.05) is 18.0 Å². The van der Waals surface area contributed by atoms with Crippen molar-refractivity contribution in [3.8, 4) is 0 Å². The summed E-state index contributed by atoms with van der Waals surface area (Å²) >= 11 is 5.34. The Morgan fingerprint density at radius 3 is 2.81 bits per heavy atom. The van der Waals surface area contributed by atoms with E-state index in [1.807, 2.05) is 23.6 Å². The first-order valence-electron chi connectivity index (χ1n) is 7.38. The number of hydrogen-bond acceptors (Lipinski definition) is 4. The molecule has 0 amide bonds. The van der Waals surface area contributed by atoms with E-state index >= 15 is 0 Å². The van der Waals surface area contributed by atoms with Crippen LogP contribution < -0.4 is 10.2 Å². The molecule has 1 fully saturated rings. The van der Waals surface area contributed by atoms with Gasteiger partial charge in [0, 0.05) is 46.1 Å². The van der Waals surface area contributed by atoms with E-state index in [0.717, 1.165) is 18.9 Å². The molecule has 3 nitrogen and oxygen atoms in total. The van der Waals surface area contributed by atoms with E-state index in [4.69, 9.17) is 0 Å². The third-order valence-corrected chi connectivity index (χ3v) is 5.84. The smallest absolute Gasteiger partial charge is 0.128 e. The highest BCUT2D eigenvalue weighted by molar-refractivity contribution is 9.10. The first kappa shape index (κ1) is 15.0. The number of hydrogen-bond donors (Lipinski definition) is 1. The first-order chi connectivity index (χ1) is 10.2. The van der Waals surface area contributed by atoms with Crippen molar-refractivity contribution in [2.24, 2.45) is 0 Å². The molecule has 1 atom stereocenters. The predicted octanol–water partition coefficient (Wildman–Crippen LogP) is 4.23. The minimum Gasteiger partial charge on any atom is -0.357 e. The third-order valence-electron chi connectivity index (χ3n) is 3.97. The molecule has 0 spiro atoms. The summed E-state index contributed by atoms with van der Waals surface area (Å²) in [5.74, 6) is 1.10. The molecule has 0 aromatic carbocycles. The van der Waals surface area contributed by atoms with Crippen molar-refractivity contribution < 1.29 is 0 Å². The van der Waals surface area contributed by atoms with E-state index in [-0.39, 0.29) is 0 Å². The van der Waals surface area contributed by atoms with Gasteiger partial charge in [0.05, 0.1) is 0 Å². The van der Waals surface area contributed by atoms with E-state index in [1.165, 1.54) is 22.2 Å². The van der Waals surface area contributed by atoms with Crippen LogP contribution in [0, 0.1) is 0 Å². The van der Waals surface area contributed by atoms with Crippen molar-refractivity contribution in [2.45, 2.75) is 31.8 Å². The van der Waals surface area contributed by atoms with Crippen LogP contribution in [0.1, 0.15) is 30.7 Å². The Hall–Kier alpha value is -0.910. The van der Waals surface area contributed by atoms with Crippen LogP contribution in [0.15, 0.2) is 40.3 Å². The molecule has 21 heavy (non-hydrogen) atoms. The van der Waals surface area contributed by atoms with Gasteiger partial charge in [-0.1, -0.05) is 6.07 Å². The largest absolute Gasteiger partial charge is 0.357 e. The minimum atomic E-state index is 0.424. The Morgan fingerprint density at radius 1 is 1.38 bits per heavy atom. The lowest BCUT2D eigenvalue weighted by Gasteiger charge is -2.34. The van der Waals surface area contributed by atoms with E-state index < -0.39 is 0 Å². The number of halogens is 1. The van der Waals surface area contributed by atoms with Gasteiger partial charge in [-0.25, -0.2) is 4.98 Å². The van der Waals surface area contributed by atoms with Crippen LogP contribution in [-0.4, -0.2) is 24.1 Å². The molecular formula is C16H20BrN3S. The van der Waals surface area contributed by atoms with Crippen molar-refractivity contribution in [3.05, 3.63) is 45.2 Å². The number of nitrogens with one attached hydrogen (secondary N) is 1. The van der Waals surface area contributed by atoms with Crippen molar-refractivity contribution >= 4 is 33.1 Å². The number of thiophene rings is 1. The molecule has 3 rings (SSSR count). The zero-order valence-electron chi connectivity index (χ0n) is 12.1. The lowest BCUT2D eigenvalue weighted by atomic mass is 10.0. The fraction of sp³-hybridized carbons (Fsp3) is 0.438. The summed E-state index contributed by atoms with van der Waals surface area (Å²) in [6.07, 6.45) is 4.22. The van der Waals surface area contributed by atoms with Gasteiger partial charge in [-0.2, -0.15) is 0 Å². The van der Waals surface area contributed by atoms with E-state index in [9.17, 15) is 0 Å². The molecule has 1 aliphatic heterocycles. The normalized spacial score (nSPS) is 17.9. The second kappa shape index (κ2) is 6.90. The average Bonchev–Trinajstić information content (AvgIpc) is 2.96. The Labute approximate surface area is 138 Å². The number of rotatable bonds is 4. The summed E-state index contributed by atoms with van der Waals surface area (Å²) in [7, 11) is 0. The van der Waals surface area contributed by atoms with Crippen molar-refractivity contribution in [1.82, 2.24) is 10.3 Å². The lowest BCUT2D eigenvalue weighted by Crippen LogP contribution is -2.43. The average molecular weight is 366 g/mol. The number of aromatic nitrogens is 1. The van der Waals surface area contributed by atoms with Gasteiger partial charge in [0.25, 0.3) is 0 Å². The Bertz CT molecular complexity index is 564. The number of anilines is 1. The molecule has 1 N–H and O–H groups in total. The summed E-state index contributed by atoms with van der Waals surface area (Å²) in [6.45, 7) is 4.41. The molecule has 0 radical (unpaired) electrons. The molecular weight excluding hydrogens is 346 g/mol. The van der Waals surface area contributed by atoms with Gasteiger partial charge in [-0.05, 0) is 53.9 Å². The van der Waals surface area contributed by atoms with Gasteiger partial charge >= 0.3 is 0 Å². The van der Waals surface area contributed by atoms with E-state index in [1.54, 1.807) is 0 Å². The highest BCUT2D eigenvalue weighted by atomic mass is 79.9. The molecule has 2 aromatic heterocycles. The Balaban J connectivity index is 1.52. The molecule has 3 heterocycles. The summed E-state index contributed by atoms with van der Waals surface area (Å²) in [4.78, 5) is 8.22. The maximum absolute atomic E-state index is 4.44. The van der Waals surface area contributed by atoms with E-state index in [2.05, 4.69) is 61.6 Å². The van der Waals surface area contributed by atoms with Crippen molar-refractivity contribution in [1.29, 1.82) is 0 Å². The van der Waals surface area contributed by atoms with E-state index in [0.29, 0.717) is 12.1 Å². The van der Waals surface area contributed by atoms with Crippen LogP contribution in [-0.2, 0) is 0 Å². The number of pyridine rings is 1. The van der Waals surface area contributed by atoms with Gasteiger partial charge in [0.2, 0.25) is 0 Å². The molecule has 1 unspecified atom stereocenters. The minimum absolute atomic E-state index is 0.424. The molecule has 2 aromatic rings. The molecule has 5 heteroatoms. The topological polar surface area (TPSA) is 28.2 Å². The number of piperidine rings is 1. The molecule has 0 saturated carbocycles. The number of nitrogens with zero attached hydrogens (tertiary/aromatic N) is 2. The Kier molecular flexibility index (Phi) is 4.93. The zero-order valence-corrected chi connectivity index (χ0v) is 14.5. The highest BCUT2D eigenvalue weighted by Crippen LogP contribution is 2.27. The SMILES string of the molecule is CC(NC1CCN(c2ccccn2)CC1)c1cc(Br)cs1. The van der Waals surface area contributed by atoms with Crippen LogP contribution in [0.5, 0.6) is 0 Å². The third kappa shape index (κ3) is 3.84. The van der Waals surface area contributed by atoms with Crippen molar-refractivity contribution in [3.63, 3.8) is 0 Å².